The third-order valence-corrected chi connectivity index (χ3v) is 9.22. The summed E-state index contributed by atoms with van der Waals surface area (Å²) in [6, 6.07) is 59.1. The van der Waals surface area contributed by atoms with Crippen molar-refractivity contribution in [1.29, 1.82) is 0 Å². The molecule has 0 fully saturated rings. The maximum Gasteiger partial charge on any atom is 0.0718 e. The minimum atomic E-state index is 1.14. The van der Waals surface area contributed by atoms with E-state index >= 15 is 0 Å². The van der Waals surface area contributed by atoms with Crippen molar-refractivity contribution < 1.29 is 0 Å². The summed E-state index contributed by atoms with van der Waals surface area (Å²) in [5, 5.41) is 5.12. The van der Waals surface area contributed by atoms with Crippen LogP contribution in [0.1, 0.15) is 0 Å². The first-order chi connectivity index (χ1) is 20.8. The molecule has 0 saturated carbocycles. The van der Waals surface area contributed by atoms with Crippen LogP contribution in [0.3, 0.4) is 0 Å². The zero-order valence-corrected chi connectivity index (χ0v) is 23.8. The number of fused-ring (bicyclic) bond motifs is 4. The number of anilines is 3. The van der Waals surface area contributed by atoms with Gasteiger partial charge in [0, 0.05) is 32.2 Å². The van der Waals surface area contributed by atoms with Crippen LogP contribution < -0.4 is 4.90 Å². The third kappa shape index (κ3) is 4.25. The molecule has 8 aromatic rings. The van der Waals surface area contributed by atoms with Crippen molar-refractivity contribution in [3.05, 3.63) is 164 Å². The Hall–Kier alpha value is -5.18. The average Bonchev–Trinajstić information content (AvgIpc) is 3.44. The predicted molar refractivity (Wildman–Crippen MR) is 182 cm³/mol. The highest BCUT2D eigenvalue weighted by atomic mass is 32.1. The van der Waals surface area contributed by atoms with Gasteiger partial charge in [-0.05, 0) is 70.1 Å². The maximum atomic E-state index is 2.43. The molecule has 7 aromatic carbocycles. The SMILES string of the molecule is c1ccc(-c2cccc(-c3ccc(N(c4ccccc4)c4c5ccccc5cc5c4sc4ccccc45)cc3)c2)cc1. The van der Waals surface area contributed by atoms with Gasteiger partial charge in [-0.25, -0.2) is 0 Å². The van der Waals surface area contributed by atoms with Gasteiger partial charge in [0.1, 0.15) is 0 Å². The average molecular weight is 554 g/mol. The lowest BCUT2D eigenvalue weighted by molar-refractivity contribution is 1.31. The van der Waals surface area contributed by atoms with Gasteiger partial charge in [0.25, 0.3) is 0 Å². The Morgan fingerprint density at radius 1 is 0.381 bits per heavy atom. The largest absolute Gasteiger partial charge is 0.308 e. The van der Waals surface area contributed by atoms with Crippen LogP contribution in [-0.2, 0) is 0 Å². The smallest absolute Gasteiger partial charge is 0.0718 e. The van der Waals surface area contributed by atoms with E-state index in [9.17, 15) is 0 Å². The summed E-state index contributed by atoms with van der Waals surface area (Å²) >= 11 is 1.88. The van der Waals surface area contributed by atoms with Crippen molar-refractivity contribution in [2.24, 2.45) is 0 Å². The highest BCUT2D eigenvalue weighted by Gasteiger charge is 2.21. The molecule has 198 valence electrons. The maximum absolute atomic E-state index is 2.43. The van der Waals surface area contributed by atoms with E-state index in [4.69, 9.17) is 0 Å². The van der Waals surface area contributed by atoms with Gasteiger partial charge < -0.3 is 4.90 Å². The van der Waals surface area contributed by atoms with Gasteiger partial charge in [0.05, 0.1) is 10.4 Å². The van der Waals surface area contributed by atoms with E-state index in [-0.39, 0.29) is 0 Å². The lowest BCUT2D eigenvalue weighted by atomic mass is 9.98. The van der Waals surface area contributed by atoms with E-state index < -0.39 is 0 Å². The number of nitrogens with zero attached hydrogens (tertiary/aromatic N) is 1. The van der Waals surface area contributed by atoms with Gasteiger partial charge in [-0.2, -0.15) is 0 Å². The molecule has 0 aliphatic carbocycles. The van der Waals surface area contributed by atoms with Crippen molar-refractivity contribution in [1.82, 2.24) is 0 Å². The van der Waals surface area contributed by atoms with Crippen molar-refractivity contribution >= 4 is 59.3 Å². The molecule has 0 saturated heterocycles. The molecule has 42 heavy (non-hydrogen) atoms. The van der Waals surface area contributed by atoms with Crippen LogP contribution in [0, 0.1) is 0 Å². The van der Waals surface area contributed by atoms with E-state index in [2.05, 4.69) is 169 Å². The number of benzene rings is 7. The van der Waals surface area contributed by atoms with Crippen LogP contribution in [0.2, 0.25) is 0 Å². The molecular weight excluding hydrogens is 527 g/mol. The summed E-state index contributed by atoms with van der Waals surface area (Å²) in [5.74, 6) is 0. The Morgan fingerprint density at radius 2 is 0.952 bits per heavy atom. The van der Waals surface area contributed by atoms with Crippen molar-refractivity contribution in [3.8, 4) is 22.3 Å². The second-order valence-electron chi connectivity index (χ2n) is 10.6. The fourth-order valence-electron chi connectivity index (χ4n) is 6.02. The highest BCUT2D eigenvalue weighted by molar-refractivity contribution is 7.26. The zero-order chi connectivity index (χ0) is 27.9. The summed E-state index contributed by atoms with van der Waals surface area (Å²) in [4.78, 5) is 2.43. The van der Waals surface area contributed by atoms with Crippen LogP contribution in [0.25, 0.3) is 53.2 Å². The monoisotopic (exact) mass is 553 g/mol. The van der Waals surface area contributed by atoms with Crippen LogP contribution in [0.5, 0.6) is 0 Å². The summed E-state index contributed by atoms with van der Waals surface area (Å²) < 4.78 is 2.61. The molecule has 0 radical (unpaired) electrons. The van der Waals surface area contributed by atoms with Gasteiger partial charge in [0.15, 0.2) is 0 Å². The van der Waals surface area contributed by atoms with Crippen molar-refractivity contribution in [3.63, 3.8) is 0 Å². The lowest BCUT2D eigenvalue weighted by Gasteiger charge is -2.27. The Balaban J connectivity index is 1.32. The summed E-state index contributed by atoms with van der Waals surface area (Å²) in [5.41, 5.74) is 8.39. The number of hydrogen-bond donors (Lipinski definition) is 0. The number of hydrogen-bond acceptors (Lipinski definition) is 2. The molecule has 0 unspecified atom stereocenters. The first-order valence-corrected chi connectivity index (χ1v) is 15.1. The second kappa shape index (κ2) is 10.3. The van der Waals surface area contributed by atoms with Crippen molar-refractivity contribution in [2.75, 3.05) is 4.90 Å². The molecule has 1 aromatic heterocycles. The number of thiophene rings is 1. The summed E-state index contributed by atoms with van der Waals surface area (Å²) in [7, 11) is 0. The van der Waals surface area contributed by atoms with Crippen LogP contribution in [0.4, 0.5) is 17.1 Å². The van der Waals surface area contributed by atoms with Crippen LogP contribution in [0.15, 0.2) is 164 Å². The van der Waals surface area contributed by atoms with E-state index in [0.29, 0.717) is 0 Å². The highest BCUT2D eigenvalue weighted by Crippen LogP contribution is 2.48. The Bertz CT molecular complexity index is 2180. The van der Waals surface area contributed by atoms with E-state index in [1.54, 1.807) is 0 Å². The molecule has 8 rings (SSSR count). The van der Waals surface area contributed by atoms with Gasteiger partial charge in [0.2, 0.25) is 0 Å². The normalized spacial score (nSPS) is 11.3. The molecule has 0 atom stereocenters. The predicted octanol–water partition coefficient (Wildman–Crippen LogP) is 12.0. The fourth-order valence-corrected chi connectivity index (χ4v) is 7.25. The molecule has 0 amide bonds. The molecule has 0 spiro atoms. The quantitative estimate of drug-likeness (QED) is 0.205. The minimum Gasteiger partial charge on any atom is -0.308 e. The van der Waals surface area contributed by atoms with Gasteiger partial charge >= 0.3 is 0 Å². The summed E-state index contributed by atoms with van der Waals surface area (Å²) in [6.07, 6.45) is 0. The third-order valence-electron chi connectivity index (χ3n) is 8.03. The zero-order valence-electron chi connectivity index (χ0n) is 22.9. The van der Waals surface area contributed by atoms with Crippen molar-refractivity contribution in [2.45, 2.75) is 0 Å². The van der Waals surface area contributed by atoms with Gasteiger partial charge in [-0.15, -0.1) is 11.3 Å². The Morgan fingerprint density at radius 3 is 1.71 bits per heavy atom. The molecular formula is C40H27NS. The standard InChI is InChI=1S/C40H27NS/c1-3-12-28(13-4-1)30-15-11-16-31(26-30)29-22-24-34(25-23-29)41(33-17-5-2-6-18-33)39-35-19-8-7-14-32(35)27-37-36-20-9-10-21-38(36)42-40(37)39/h1-27H. The van der Waals surface area contributed by atoms with Crippen LogP contribution in [-0.4, -0.2) is 0 Å². The summed E-state index contributed by atoms with van der Waals surface area (Å²) in [6.45, 7) is 0. The molecule has 0 N–H and O–H groups in total. The van der Waals surface area contributed by atoms with Crippen LogP contribution >= 0.6 is 11.3 Å². The first-order valence-electron chi connectivity index (χ1n) is 14.3. The molecule has 0 bridgehead atoms. The molecule has 0 aliphatic rings. The molecule has 0 aliphatic heterocycles. The molecule has 2 heteroatoms. The number of para-hydroxylation sites is 1. The van der Waals surface area contributed by atoms with Gasteiger partial charge in [-0.1, -0.05) is 121 Å². The first kappa shape index (κ1) is 24.6. The molecule has 1 heterocycles. The minimum absolute atomic E-state index is 1.14. The van der Waals surface area contributed by atoms with Gasteiger partial charge in [-0.3, -0.25) is 0 Å². The van der Waals surface area contributed by atoms with E-state index in [1.165, 1.54) is 58.9 Å². The van der Waals surface area contributed by atoms with E-state index in [0.717, 1.165) is 11.4 Å². The Labute approximate surface area is 249 Å². The topological polar surface area (TPSA) is 3.24 Å². The second-order valence-corrected chi connectivity index (χ2v) is 11.6. The fraction of sp³-hybridized carbons (Fsp3) is 0. The van der Waals surface area contributed by atoms with E-state index in [1.807, 2.05) is 11.3 Å². The Kier molecular flexibility index (Phi) is 6.05. The number of rotatable bonds is 5. The lowest BCUT2D eigenvalue weighted by Crippen LogP contribution is -2.10. The molecule has 1 nitrogen and oxygen atoms in total.